The summed E-state index contributed by atoms with van der Waals surface area (Å²) in [5.41, 5.74) is 2.39. The first-order valence-electron chi connectivity index (χ1n) is 8.56. The molecule has 1 atom stereocenters. The molecule has 1 aliphatic carbocycles. The van der Waals surface area contributed by atoms with E-state index in [9.17, 15) is 13.2 Å². The van der Waals surface area contributed by atoms with Crippen molar-refractivity contribution in [3.8, 4) is 18.1 Å². The van der Waals surface area contributed by atoms with Gasteiger partial charge >= 0.3 is 6.18 Å². The largest absolute Gasteiger partial charge is 0.489 e. The number of nitrogens with one attached hydrogen (secondary N) is 1. The van der Waals surface area contributed by atoms with Crippen LogP contribution in [0.25, 0.3) is 0 Å². The minimum Gasteiger partial charge on any atom is -0.489 e. The molecule has 0 aliphatic heterocycles. The summed E-state index contributed by atoms with van der Waals surface area (Å²) < 4.78 is 43.8. The molecule has 136 valence electrons. The van der Waals surface area contributed by atoms with Gasteiger partial charge in [0.1, 0.15) is 12.4 Å². The van der Waals surface area contributed by atoms with Crippen molar-refractivity contribution in [3.63, 3.8) is 0 Å². The number of ether oxygens (including phenoxy) is 1. The maximum atomic E-state index is 12.6. The molecular formula is C21H20F3NO. The van der Waals surface area contributed by atoms with Gasteiger partial charge in [-0.2, -0.15) is 13.2 Å². The molecule has 2 aromatic carbocycles. The summed E-state index contributed by atoms with van der Waals surface area (Å²) in [6, 6.07) is 11.2. The molecule has 3 rings (SSSR count). The van der Waals surface area contributed by atoms with E-state index in [4.69, 9.17) is 11.2 Å². The van der Waals surface area contributed by atoms with Crippen LogP contribution in [-0.4, -0.2) is 6.54 Å². The summed E-state index contributed by atoms with van der Waals surface area (Å²) in [5.74, 6) is 3.39. The standard InChI is InChI=1S/C21H20F3NO/c1-2-13-25-19-7-3-6-18-17(19)5-4-8-20(18)26-14-15-9-11-16(12-10-15)21(22,23)24/h1,4-5,8-12,19,25H,3,6-7,13-14H2. The lowest BCUT2D eigenvalue weighted by atomic mass is 9.87. The molecular weight excluding hydrogens is 339 g/mol. The van der Waals surface area contributed by atoms with E-state index in [0.29, 0.717) is 12.1 Å². The Morgan fingerprint density at radius 3 is 2.62 bits per heavy atom. The van der Waals surface area contributed by atoms with E-state index in [-0.39, 0.29) is 12.6 Å². The van der Waals surface area contributed by atoms with Crippen LogP contribution in [0, 0.1) is 12.3 Å². The van der Waals surface area contributed by atoms with Crippen molar-refractivity contribution in [3.05, 3.63) is 64.7 Å². The second-order valence-electron chi connectivity index (χ2n) is 6.34. The average Bonchev–Trinajstić information content (AvgIpc) is 2.64. The molecule has 0 bridgehead atoms. The molecule has 26 heavy (non-hydrogen) atoms. The molecule has 5 heteroatoms. The fourth-order valence-corrected chi connectivity index (χ4v) is 3.30. The molecule has 1 unspecified atom stereocenters. The summed E-state index contributed by atoms with van der Waals surface area (Å²) in [6.07, 6.45) is 4.00. The maximum Gasteiger partial charge on any atom is 0.416 e. The lowest BCUT2D eigenvalue weighted by molar-refractivity contribution is -0.137. The van der Waals surface area contributed by atoms with Crippen LogP contribution >= 0.6 is 0 Å². The van der Waals surface area contributed by atoms with E-state index in [1.807, 2.05) is 12.1 Å². The number of hydrogen-bond donors (Lipinski definition) is 1. The zero-order valence-corrected chi connectivity index (χ0v) is 14.3. The molecule has 1 aliphatic rings. The van der Waals surface area contributed by atoms with Crippen molar-refractivity contribution in [1.29, 1.82) is 0 Å². The molecule has 0 saturated carbocycles. The van der Waals surface area contributed by atoms with Gasteiger partial charge < -0.3 is 4.74 Å². The van der Waals surface area contributed by atoms with Crippen molar-refractivity contribution in [2.75, 3.05) is 6.54 Å². The number of terminal acetylenes is 1. The van der Waals surface area contributed by atoms with Gasteiger partial charge in [-0.15, -0.1) is 6.42 Å². The Labute approximate surface area is 151 Å². The summed E-state index contributed by atoms with van der Waals surface area (Å²) >= 11 is 0. The van der Waals surface area contributed by atoms with Crippen LogP contribution in [0.5, 0.6) is 5.75 Å². The predicted octanol–water partition coefficient (Wildman–Crippen LogP) is 4.88. The third-order valence-corrected chi connectivity index (χ3v) is 4.59. The van der Waals surface area contributed by atoms with Crippen LogP contribution in [0.4, 0.5) is 13.2 Å². The van der Waals surface area contributed by atoms with E-state index >= 15 is 0 Å². The van der Waals surface area contributed by atoms with Gasteiger partial charge in [-0.05, 0) is 54.2 Å². The third kappa shape index (κ3) is 4.20. The topological polar surface area (TPSA) is 21.3 Å². The van der Waals surface area contributed by atoms with Gasteiger partial charge in [-0.25, -0.2) is 0 Å². The van der Waals surface area contributed by atoms with Crippen LogP contribution in [0.1, 0.15) is 41.1 Å². The monoisotopic (exact) mass is 359 g/mol. The molecule has 0 fully saturated rings. The smallest absolute Gasteiger partial charge is 0.416 e. The van der Waals surface area contributed by atoms with Crippen LogP contribution in [-0.2, 0) is 19.2 Å². The van der Waals surface area contributed by atoms with E-state index in [1.165, 1.54) is 17.7 Å². The molecule has 2 nitrogen and oxygen atoms in total. The fraction of sp³-hybridized carbons (Fsp3) is 0.333. The molecule has 1 N–H and O–H groups in total. The molecule has 2 aromatic rings. The first-order valence-corrected chi connectivity index (χ1v) is 8.56. The second kappa shape index (κ2) is 7.84. The number of benzene rings is 2. The van der Waals surface area contributed by atoms with Crippen molar-refractivity contribution in [2.24, 2.45) is 0 Å². The SMILES string of the molecule is C#CCNC1CCCc2c(OCc3ccc(C(F)(F)F)cc3)cccc21. The van der Waals surface area contributed by atoms with Gasteiger partial charge in [0.2, 0.25) is 0 Å². The van der Waals surface area contributed by atoms with Gasteiger partial charge in [0.05, 0.1) is 12.1 Å². The van der Waals surface area contributed by atoms with Crippen molar-refractivity contribution in [1.82, 2.24) is 5.32 Å². The normalized spacial score (nSPS) is 16.6. The van der Waals surface area contributed by atoms with Crippen molar-refractivity contribution < 1.29 is 17.9 Å². The zero-order chi connectivity index (χ0) is 18.6. The minimum atomic E-state index is -4.32. The van der Waals surface area contributed by atoms with Gasteiger partial charge in [-0.1, -0.05) is 30.2 Å². The fourth-order valence-electron chi connectivity index (χ4n) is 3.30. The highest BCUT2D eigenvalue weighted by atomic mass is 19.4. The van der Waals surface area contributed by atoms with Crippen LogP contribution in [0.15, 0.2) is 42.5 Å². The van der Waals surface area contributed by atoms with Crippen LogP contribution < -0.4 is 10.1 Å². The number of fused-ring (bicyclic) bond motifs is 1. The number of halogens is 3. The van der Waals surface area contributed by atoms with Gasteiger partial charge in [0, 0.05) is 6.04 Å². The average molecular weight is 359 g/mol. The van der Waals surface area contributed by atoms with Gasteiger partial charge in [0.15, 0.2) is 0 Å². The van der Waals surface area contributed by atoms with Gasteiger partial charge in [-0.3, -0.25) is 5.32 Å². The Morgan fingerprint density at radius 1 is 1.15 bits per heavy atom. The Hall–Kier alpha value is -2.45. The van der Waals surface area contributed by atoms with E-state index in [2.05, 4.69) is 17.3 Å². The summed E-state index contributed by atoms with van der Waals surface area (Å²) in [6.45, 7) is 0.748. The third-order valence-electron chi connectivity index (χ3n) is 4.59. The Bertz CT molecular complexity index is 790. The maximum absolute atomic E-state index is 12.6. The van der Waals surface area contributed by atoms with Crippen molar-refractivity contribution >= 4 is 0 Å². The second-order valence-corrected chi connectivity index (χ2v) is 6.34. The van der Waals surface area contributed by atoms with E-state index < -0.39 is 11.7 Å². The number of hydrogen-bond acceptors (Lipinski definition) is 2. The van der Waals surface area contributed by atoms with Crippen molar-refractivity contribution in [2.45, 2.75) is 38.1 Å². The van der Waals surface area contributed by atoms with Crippen LogP contribution in [0.2, 0.25) is 0 Å². The molecule has 0 amide bonds. The first-order chi connectivity index (χ1) is 12.5. The lowest BCUT2D eigenvalue weighted by Gasteiger charge is -2.27. The molecule has 0 aromatic heterocycles. The molecule has 0 saturated heterocycles. The summed E-state index contributed by atoms with van der Waals surface area (Å²) in [5, 5.41) is 3.35. The summed E-state index contributed by atoms with van der Waals surface area (Å²) in [7, 11) is 0. The predicted molar refractivity (Wildman–Crippen MR) is 94.7 cm³/mol. The van der Waals surface area contributed by atoms with E-state index in [0.717, 1.165) is 42.7 Å². The quantitative estimate of drug-likeness (QED) is 0.768. The minimum absolute atomic E-state index is 0.212. The highest BCUT2D eigenvalue weighted by molar-refractivity contribution is 5.43. The zero-order valence-electron chi connectivity index (χ0n) is 14.3. The molecule has 0 radical (unpaired) electrons. The number of rotatable bonds is 5. The van der Waals surface area contributed by atoms with Gasteiger partial charge in [0.25, 0.3) is 0 Å². The number of alkyl halides is 3. The molecule has 0 heterocycles. The highest BCUT2D eigenvalue weighted by Gasteiger charge is 2.30. The first kappa shape index (κ1) is 18.3. The lowest BCUT2D eigenvalue weighted by Crippen LogP contribution is -2.25. The van der Waals surface area contributed by atoms with E-state index in [1.54, 1.807) is 0 Å². The Balaban J connectivity index is 1.72. The highest BCUT2D eigenvalue weighted by Crippen LogP contribution is 2.35. The van der Waals surface area contributed by atoms with Crippen LogP contribution in [0.3, 0.4) is 0 Å². The molecule has 0 spiro atoms. The Morgan fingerprint density at radius 2 is 1.92 bits per heavy atom. The Kier molecular flexibility index (Phi) is 5.53. The summed E-state index contributed by atoms with van der Waals surface area (Å²) in [4.78, 5) is 0.